The van der Waals surface area contributed by atoms with E-state index < -0.39 is 0 Å². The summed E-state index contributed by atoms with van der Waals surface area (Å²) < 4.78 is 1.98. The minimum atomic E-state index is -0.117. The van der Waals surface area contributed by atoms with Crippen molar-refractivity contribution in [1.82, 2.24) is 20.1 Å². The molecule has 5 rings (SSSR count). The van der Waals surface area contributed by atoms with Gasteiger partial charge in [-0.2, -0.15) is 0 Å². The maximum Gasteiger partial charge on any atom is 0.224 e. The molecule has 2 aromatic heterocycles. The number of nitrogens with zero attached hydrogens (tertiary/aromatic N) is 4. The topological polar surface area (TPSA) is 83.3 Å². The van der Waals surface area contributed by atoms with Crippen LogP contribution in [0.2, 0.25) is 0 Å². The molecule has 7 heteroatoms. The van der Waals surface area contributed by atoms with Crippen LogP contribution >= 0.6 is 0 Å². The number of rotatable bonds is 6. The van der Waals surface area contributed by atoms with E-state index in [1.165, 1.54) is 11.1 Å². The number of carbonyl (C=O) groups is 1. The van der Waals surface area contributed by atoms with Gasteiger partial charge >= 0.3 is 0 Å². The van der Waals surface area contributed by atoms with Gasteiger partial charge in [-0.25, -0.2) is 0 Å². The van der Waals surface area contributed by atoms with E-state index in [4.69, 9.17) is 5.11 Å². The van der Waals surface area contributed by atoms with Crippen molar-refractivity contribution >= 4 is 22.6 Å². The highest BCUT2D eigenvalue weighted by atomic mass is 16.3. The van der Waals surface area contributed by atoms with E-state index in [0.29, 0.717) is 5.82 Å². The van der Waals surface area contributed by atoms with Gasteiger partial charge in [-0.1, -0.05) is 42.5 Å². The molecule has 0 unspecified atom stereocenters. The summed E-state index contributed by atoms with van der Waals surface area (Å²) in [6, 6.07) is 20.5. The predicted molar refractivity (Wildman–Crippen MR) is 124 cm³/mol. The molecule has 1 aliphatic rings. The minimum Gasteiger partial charge on any atom is -0.395 e. The lowest BCUT2D eigenvalue weighted by molar-refractivity contribution is -0.120. The fraction of sp³-hybridized carbons (Fsp3) is 0.240. The number of hydrogen-bond acceptors (Lipinski definition) is 5. The van der Waals surface area contributed by atoms with Crippen molar-refractivity contribution in [1.29, 1.82) is 0 Å². The van der Waals surface area contributed by atoms with Gasteiger partial charge in [-0.15, -0.1) is 10.2 Å². The van der Waals surface area contributed by atoms with Crippen LogP contribution in [0.25, 0.3) is 16.7 Å². The molecule has 0 bridgehead atoms. The van der Waals surface area contributed by atoms with Crippen LogP contribution in [0.3, 0.4) is 0 Å². The second-order valence-electron chi connectivity index (χ2n) is 7.98. The number of benzene rings is 2. The molecular formula is C25H25N5O2. The number of fused-ring (bicyclic) bond motifs is 2. The number of aliphatic hydroxyl groups is 1. The standard InChI is InChI=1S/C25H25N5O2/c31-14-12-26-25(32)15-20-17-30(22-8-4-3-7-21(20)22)24-10-9-23(27-28-24)29-13-11-18-5-1-2-6-19(18)16-29/h1-10,17,31H,11-16H2,(H,26,32). The summed E-state index contributed by atoms with van der Waals surface area (Å²) in [7, 11) is 0. The van der Waals surface area contributed by atoms with Gasteiger partial charge in [-0.05, 0) is 41.3 Å². The van der Waals surface area contributed by atoms with Crippen molar-refractivity contribution in [3.05, 3.63) is 83.6 Å². The van der Waals surface area contributed by atoms with Crippen molar-refractivity contribution in [2.75, 3.05) is 24.6 Å². The van der Waals surface area contributed by atoms with E-state index >= 15 is 0 Å². The van der Waals surface area contributed by atoms with Crippen LogP contribution in [-0.2, 0) is 24.2 Å². The maximum absolute atomic E-state index is 12.2. The first kappa shape index (κ1) is 20.2. The van der Waals surface area contributed by atoms with Gasteiger partial charge < -0.3 is 15.3 Å². The zero-order valence-electron chi connectivity index (χ0n) is 17.7. The molecule has 3 heterocycles. The van der Waals surface area contributed by atoms with Crippen LogP contribution in [0.5, 0.6) is 0 Å². The van der Waals surface area contributed by atoms with Crippen molar-refractivity contribution in [2.24, 2.45) is 0 Å². The first-order valence-electron chi connectivity index (χ1n) is 10.9. The molecule has 0 fully saturated rings. The Kier molecular flexibility index (Phi) is 5.56. The van der Waals surface area contributed by atoms with E-state index in [-0.39, 0.29) is 25.5 Å². The van der Waals surface area contributed by atoms with E-state index in [0.717, 1.165) is 41.8 Å². The lowest BCUT2D eigenvalue weighted by Gasteiger charge is -2.29. The maximum atomic E-state index is 12.2. The lowest BCUT2D eigenvalue weighted by Crippen LogP contribution is -2.31. The van der Waals surface area contributed by atoms with E-state index in [2.05, 4.69) is 44.7 Å². The molecule has 2 N–H and O–H groups in total. The summed E-state index contributed by atoms with van der Waals surface area (Å²) >= 11 is 0. The largest absolute Gasteiger partial charge is 0.395 e. The van der Waals surface area contributed by atoms with Crippen LogP contribution in [0.1, 0.15) is 16.7 Å². The van der Waals surface area contributed by atoms with Gasteiger partial charge in [0.05, 0.1) is 18.5 Å². The number of aromatic nitrogens is 3. The number of nitrogens with one attached hydrogen (secondary N) is 1. The molecule has 162 valence electrons. The third-order valence-corrected chi connectivity index (χ3v) is 5.92. The molecule has 7 nitrogen and oxygen atoms in total. The summed E-state index contributed by atoms with van der Waals surface area (Å²) in [5, 5.41) is 21.7. The van der Waals surface area contributed by atoms with E-state index in [1.807, 2.05) is 47.2 Å². The zero-order chi connectivity index (χ0) is 21.9. The average molecular weight is 428 g/mol. The first-order valence-corrected chi connectivity index (χ1v) is 10.9. The number of hydrogen-bond donors (Lipinski definition) is 2. The molecule has 0 radical (unpaired) electrons. The first-order chi connectivity index (χ1) is 15.7. The average Bonchev–Trinajstić information content (AvgIpc) is 3.21. The second-order valence-corrected chi connectivity index (χ2v) is 7.98. The summed E-state index contributed by atoms with van der Waals surface area (Å²) in [6.45, 7) is 1.94. The highest BCUT2D eigenvalue weighted by Crippen LogP contribution is 2.26. The minimum absolute atomic E-state index is 0.0714. The van der Waals surface area contributed by atoms with Crippen LogP contribution in [0.15, 0.2) is 66.9 Å². The van der Waals surface area contributed by atoms with Crippen LogP contribution in [-0.4, -0.2) is 45.5 Å². The smallest absolute Gasteiger partial charge is 0.224 e. The van der Waals surface area contributed by atoms with Crippen LogP contribution in [0.4, 0.5) is 5.82 Å². The molecule has 4 aromatic rings. The van der Waals surface area contributed by atoms with Gasteiger partial charge in [0.25, 0.3) is 0 Å². The SMILES string of the molecule is O=C(Cc1cn(-c2ccc(N3CCc4ccccc4C3)nn2)c2ccccc12)NCCO. The summed E-state index contributed by atoms with van der Waals surface area (Å²) in [4.78, 5) is 14.5. The normalized spacial score (nSPS) is 13.2. The highest BCUT2D eigenvalue weighted by molar-refractivity contribution is 5.90. The molecule has 1 amide bonds. The Morgan fingerprint density at radius 3 is 2.53 bits per heavy atom. The summed E-state index contributed by atoms with van der Waals surface area (Å²) in [5.41, 5.74) is 4.63. The van der Waals surface area contributed by atoms with Gasteiger partial charge in [0, 0.05) is 31.2 Å². The molecule has 0 saturated heterocycles. The van der Waals surface area contributed by atoms with Gasteiger partial charge in [0.15, 0.2) is 11.6 Å². The molecule has 0 aliphatic carbocycles. The Balaban J connectivity index is 1.41. The molecule has 0 spiro atoms. The van der Waals surface area contributed by atoms with Crippen LogP contribution < -0.4 is 10.2 Å². The number of anilines is 1. The predicted octanol–water partition coefficient (Wildman–Crippen LogP) is 2.63. The fourth-order valence-electron chi connectivity index (χ4n) is 4.32. The summed E-state index contributed by atoms with van der Waals surface area (Å²) in [6.07, 6.45) is 3.19. The molecule has 2 aromatic carbocycles. The quantitative estimate of drug-likeness (QED) is 0.494. The Hall–Kier alpha value is -3.71. The molecule has 0 atom stereocenters. The fourth-order valence-corrected chi connectivity index (χ4v) is 4.32. The molecule has 0 saturated carbocycles. The Labute approximate surface area is 186 Å². The van der Waals surface area contributed by atoms with Gasteiger partial charge in [-0.3, -0.25) is 9.36 Å². The Morgan fingerprint density at radius 1 is 0.969 bits per heavy atom. The molecular weight excluding hydrogens is 402 g/mol. The number of aliphatic hydroxyl groups excluding tert-OH is 1. The van der Waals surface area contributed by atoms with Gasteiger partial charge in [0.2, 0.25) is 5.91 Å². The third-order valence-electron chi connectivity index (χ3n) is 5.92. The zero-order valence-corrected chi connectivity index (χ0v) is 17.7. The second kappa shape index (κ2) is 8.80. The number of para-hydroxylation sites is 1. The number of amides is 1. The molecule has 1 aliphatic heterocycles. The third kappa shape index (κ3) is 3.94. The summed E-state index contributed by atoms with van der Waals surface area (Å²) in [5.74, 6) is 1.46. The number of carbonyl (C=O) groups excluding carboxylic acids is 1. The van der Waals surface area contributed by atoms with Crippen LogP contribution in [0, 0.1) is 0 Å². The van der Waals surface area contributed by atoms with Crippen molar-refractivity contribution in [3.8, 4) is 5.82 Å². The van der Waals surface area contributed by atoms with Crippen molar-refractivity contribution in [2.45, 2.75) is 19.4 Å². The lowest BCUT2D eigenvalue weighted by atomic mass is 10.00. The molecule has 32 heavy (non-hydrogen) atoms. The Morgan fingerprint density at radius 2 is 1.72 bits per heavy atom. The van der Waals surface area contributed by atoms with E-state index in [1.54, 1.807) is 0 Å². The van der Waals surface area contributed by atoms with Gasteiger partial charge in [0.1, 0.15) is 0 Å². The monoisotopic (exact) mass is 427 g/mol. The van der Waals surface area contributed by atoms with Crippen molar-refractivity contribution in [3.63, 3.8) is 0 Å². The highest BCUT2D eigenvalue weighted by Gasteiger charge is 2.18. The van der Waals surface area contributed by atoms with E-state index in [9.17, 15) is 4.79 Å². The Bertz CT molecular complexity index is 1250. The van der Waals surface area contributed by atoms with Crippen molar-refractivity contribution < 1.29 is 9.90 Å².